The molecule has 0 unspecified atom stereocenters. The Morgan fingerprint density at radius 2 is 1.76 bits per heavy atom. The highest BCUT2D eigenvalue weighted by atomic mass is 16.7. The maximum atomic E-state index is 12.8. The lowest BCUT2D eigenvalue weighted by atomic mass is 9.94. The number of hydrogen-bond acceptors (Lipinski definition) is 4. The zero-order valence-electron chi connectivity index (χ0n) is 16.8. The van der Waals surface area contributed by atoms with E-state index in [1.165, 1.54) is 0 Å². The fourth-order valence-electron chi connectivity index (χ4n) is 3.91. The van der Waals surface area contributed by atoms with Gasteiger partial charge in [0.1, 0.15) is 0 Å². The summed E-state index contributed by atoms with van der Waals surface area (Å²) < 4.78 is 10.7. The van der Waals surface area contributed by atoms with Gasteiger partial charge in [-0.3, -0.25) is 9.59 Å². The first-order valence-corrected chi connectivity index (χ1v) is 10.1. The third-order valence-electron chi connectivity index (χ3n) is 5.61. The van der Waals surface area contributed by atoms with E-state index in [-0.39, 0.29) is 24.5 Å². The molecule has 6 heteroatoms. The van der Waals surface area contributed by atoms with Crippen molar-refractivity contribution in [2.45, 2.75) is 32.6 Å². The number of hydrogen-bond donors (Lipinski definition) is 1. The second-order valence-corrected chi connectivity index (χ2v) is 7.87. The van der Waals surface area contributed by atoms with E-state index in [2.05, 4.69) is 19.2 Å². The van der Waals surface area contributed by atoms with Crippen LogP contribution in [0.3, 0.4) is 0 Å². The Bertz CT molecular complexity index is 917. The van der Waals surface area contributed by atoms with Crippen LogP contribution in [0.15, 0.2) is 42.5 Å². The number of ether oxygens (including phenoxy) is 2. The molecule has 2 aromatic carbocycles. The Labute approximate surface area is 170 Å². The quantitative estimate of drug-likeness (QED) is 0.850. The van der Waals surface area contributed by atoms with E-state index in [9.17, 15) is 9.59 Å². The summed E-state index contributed by atoms with van der Waals surface area (Å²) in [6, 6.07) is 13.2. The molecule has 6 nitrogen and oxygen atoms in total. The molecule has 1 N–H and O–H groups in total. The number of para-hydroxylation sites is 1. The van der Waals surface area contributed by atoms with E-state index in [0.717, 1.165) is 11.3 Å². The predicted molar refractivity (Wildman–Crippen MR) is 110 cm³/mol. The molecule has 0 radical (unpaired) electrons. The largest absolute Gasteiger partial charge is 0.454 e. The number of fused-ring (bicyclic) bond motifs is 1. The maximum absolute atomic E-state index is 12.8. The summed E-state index contributed by atoms with van der Waals surface area (Å²) in [6.07, 6.45) is 1.32. The minimum Gasteiger partial charge on any atom is -0.454 e. The van der Waals surface area contributed by atoms with Crippen molar-refractivity contribution in [3.63, 3.8) is 0 Å². The Balaban J connectivity index is 1.36. The predicted octanol–water partition coefficient (Wildman–Crippen LogP) is 4.03. The number of carbonyl (C=O) groups excluding carboxylic acids is 2. The summed E-state index contributed by atoms with van der Waals surface area (Å²) in [6.45, 7) is 5.55. The normalized spacial score (nSPS) is 16.2. The summed E-state index contributed by atoms with van der Waals surface area (Å²) in [5, 5.41) is 3.09. The van der Waals surface area contributed by atoms with Gasteiger partial charge in [0.05, 0.1) is 0 Å². The van der Waals surface area contributed by atoms with Crippen LogP contribution in [0.4, 0.5) is 5.69 Å². The van der Waals surface area contributed by atoms with Gasteiger partial charge in [-0.2, -0.15) is 0 Å². The molecular formula is C23H26N2O4. The summed E-state index contributed by atoms with van der Waals surface area (Å²) in [7, 11) is 0. The number of nitrogens with one attached hydrogen (secondary N) is 1. The van der Waals surface area contributed by atoms with E-state index < -0.39 is 0 Å². The van der Waals surface area contributed by atoms with Gasteiger partial charge in [-0.1, -0.05) is 32.0 Å². The van der Waals surface area contributed by atoms with E-state index >= 15 is 0 Å². The molecule has 1 saturated heterocycles. The van der Waals surface area contributed by atoms with Crippen LogP contribution in [0, 0.1) is 5.92 Å². The SMILES string of the molecule is CC(C)c1ccccc1NC(=O)C1CCN(C(=O)c2ccc3c(c2)OCO3)CC1. The van der Waals surface area contributed by atoms with Gasteiger partial charge in [-0.15, -0.1) is 0 Å². The van der Waals surface area contributed by atoms with Crippen LogP contribution in [0.2, 0.25) is 0 Å². The van der Waals surface area contributed by atoms with Gasteiger partial charge in [-0.25, -0.2) is 0 Å². The Kier molecular flexibility index (Phi) is 5.43. The van der Waals surface area contributed by atoms with Crippen LogP contribution >= 0.6 is 0 Å². The van der Waals surface area contributed by atoms with Gasteiger partial charge in [0.15, 0.2) is 11.5 Å². The summed E-state index contributed by atoms with van der Waals surface area (Å²) in [5.74, 6) is 1.52. The molecule has 0 atom stereocenters. The molecule has 0 saturated carbocycles. The number of benzene rings is 2. The fourth-order valence-corrected chi connectivity index (χ4v) is 3.91. The summed E-state index contributed by atoms with van der Waals surface area (Å²) in [5.41, 5.74) is 2.60. The molecule has 2 aliphatic rings. The van der Waals surface area contributed by atoms with Gasteiger partial charge < -0.3 is 19.7 Å². The molecule has 152 valence electrons. The number of nitrogens with zero attached hydrogens (tertiary/aromatic N) is 1. The van der Waals surface area contributed by atoms with Crippen molar-refractivity contribution in [3.05, 3.63) is 53.6 Å². The molecule has 0 aromatic heterocycles. The molecule has 2 aromatic rings. The first kappa shape index (κ1) is 19.3. The van der Waals surface area contributed by atoms with Crippen LogP contribution in [-0.2, 0) is 4.79 Å². The molecule has 0 aliphatic carbocycles. The zero-order valence-corrected chi connectivity index (χ0v) is 16.8. The van der Waals surface area contributed by atoms with Gasteiger partial charge >= 0.3 is 0 Å². The van der Waals surface area contributed by atoms with Crippen LogP contribution in [-0.4, -0.2) is 36.6 Å². The summed E-state index contributed by atoms with van der Waals surface area (Å²) >= 11 is 0. The third-order valence-corrected chi connectivity index (χ3v) is 5.61. The molecule has 29 heavy (non-hydrogen) atoms. The van der Waals surface area contributed by atoms with Crippen LogP contribution in [0.25, 0.3) is 0 Å². The fraction of sp³-hybridized carbons (Fsp3) is 0.391. The maximum Gasteiger partial charge on any atom is 0.253 e. The van der Waals surface area contributed by atoms with Gasteiger partial charge in [0.25, 0.3) is 5.91 Å². The standard InChI is InChI=1S/C23H26N2O4/c1-15(2)18-5-3-4-6-19(18)24-22(26)16-9-11-25(12-10-16)23(27)17-7-8-20-21(13-17)29-14-28-20/h3-8,13,15-16H,9-12,14H2,1-2H3,(H,24,26). The van der Waals surface area contributed by atoms with E-state index in [4.69, 9.17) is 9.47 Å². The highest BCUT2D eigenvalue weighted by molar-refractivity contribution is 5.96. The second kappa shape index (κ2) is 8.15. The molecular weight excluding hydrogens is 368 g/mol. The van der Waals surface area contributed by atoms with Crippen molar-refractivity contribution < 1.29 is 19.1 Å². The lowest BCUT2D eigenvalue weighted by molar-refractivity contribution is -0.121. The van der Waals surface area contributed by atoms with Gasteiger partial charge in [0, 0.05) is 30.3 Å². The van der Waals surface area contributed by atoms with Crippen molar-refractivity contribution >= 4 is 17.5 Å². The average molecular weight is 394 g/mol. The first-order chi connectivity index (χ1) is 14.0. The van der Waals surface area contributed by atoms with Crippen molar-refractivity contribution in [1.29, 1.82) is 0 Å². The van der Waals surface area contributed by atoms with E-state index in [1.807, 2.05) is 29.2 Å². The number of rotatable bonds is 4. The number of carbonyl (C=O) groups is 2. The molecule has 2 aliphatic heterocycles. The minimum absolute atomic E-state index is 0.0349. The Morgan fingerprint density at radius 1 is 1.03 bits per heavy atom. The molecule has 1 fully saturated rings. The zero-order chi connectivity index (χ0) is 20.4. The van der Waals surface area contributed by atoms with Crippen molar-refractivity contribution in [1.82, 2.24) is 4.90 Å². The highest BCUT2D eigenvalue weighted by Gasteiger charge is 2.29. The lowest BCUT2D eigenvalue weighted by Crippen LogP contribution is -2.41. The minimum atomic E-state index is -0.0870. The van der Waals surface area contributed by atoms with Gasteiger partial charge in [-0.05, 0) is 48.6 Å². The number of amides is 2. The third kappa shape index (κ3) is 4.06. The van der Waals surface area contributed by atoms with Crippen molar-refractivity contribution in [2.24, 2.45) is 5.92 Å². The summed E-state index contributed by atoms with van der Waals surface area (Å²) in [4.78, 5) is 27.4. The van der Waals surface area contributed by atoms with Crippen LogP contribution in [0.5, 0.6) is 11.5 Å². The monoisotopic (exact) mass is 394 g/mol. The van der Waals surface area contributed by atoms with E-state index in [1.54, 1.807) is 18.2 Å². The van der Waals surface area contributed by atoms with E-state index in [0.29, 0.717) is 48.9 Å². The van der Waals surface area contributed by atoms with Crippen molar-refractivity contribution in [3.8, 4) is 11.5 Å². The average Bonchev–Trinajstić information content (AvgIpc) is 3.21. The Hall–Kier alpha value is -3.02. The number of likely N-dealkylation sites (tertiary alicyclic amines) is 1. The van der Waals surface area contributed by atoms with Crippen molar-refractivity contribution in [2.75, 3.05) is 25.2 Å². The lowest BCUT2D eigenvalue weighted by Gasteiger charge is -2.31. The number of piperidine rings is 1. The molecule has 2 heterocycles. The molecule has 0 bridgehead atoms. The molecule has 4 rings (SSSR count). The smallest absolute Gasteiger partial charge is 0.253 e. The Morgan fingerprint density at radius 3 is 2.52 bits per heavy atom. The van der Waals surface area contributed by atoms with Crippen LogP contribution in [0.1, 0.15) is 48.5 Å². The van der Waals surface area contributed by atoms with Gasteiger partial charge in [0.2, 0.25) is 12.7 Å². The molecule has 0 spiro atoms. The van der Waals surface area contributed by atoms with Crippen LogP contribution < -0.4 is 14.8 Å². The number of anilines is 1. The highest BCUT2D eigenvalue weighted by Crippen LogP contribution is 2.33. The molecule has 2 amide bonds. The topological polar surface area (TPSA) is 67.9 Å². The first-order valence-electron chi connectivity index (χ1n) is 10.1. The second-order valence-electron chi connectivity index (χ2n) is 7.87.